The summed E-state index contributed by atoms with van der Waals surface area (Å²) in [4.78, 5) is 16.8. The van der Waals surface area contributed by atoms with E-state index in [2.05, 4.69) is 35.9 Å². The lowest BCUT2D eigenvalue weighted by molar-refractivity contribution is -0.118. The van der Waals surface area contributed by atoms with E-state index in [9.17, 15) is 4.79 Å². The number of amides is 1. The highest BCUT2D eigenvalue weighted by atomic mass is 35.5. The Balaban J connectivity index is 1.88. The Hall–Kier alpha value is -2.61. The van der Waals surface area contributed by atoms with Crippen LogP contribution in [0.3, 0.4) is 0 Å². The number of ether oxygens (including phenoxy) is 2. The summed E-state index contributed by atoms with van der Waals surface area (Å²) in [5, 5.41) is 3.92. The number of primary amides is 1. The number of aromatic nitrogens is 2. The van der Waals surface area contributed by atoms with Gasteiger partial charge in [0.15, 0.2) is 0 Å². The average Bonchev–Trinajstić information content (AvgIpc) is 3.16. The SMILES string of the molecule is CCCn1c(CC(c2cccc(OCCNC(C)OC)c2)C(C)CC(N)=O)nc2ccc(Cl)cc21. The molecule has 0 saturated heterocycles. The van der Waals surface area contributed by atoms with Gasteiger partial charge in [-0.1, -0.05) is 37.6 Å². The van der Waals surface area contributed by atoms with Crippen molar-refractivity contribution in [1.29, 1.82) is 0 Å². The molecule has 190 valence electrons. The number of carbonyl (C=O) groups excluding carboxylic acids is 1. The Morgan fingerprint density at radius 1 is 1.23 bits per heavy atom. The Morgan fingerprint density at radius 3 is 2.74 bits per heavy atom. The van der Waals surface area contributed by atoms with Gasteiger partial charge in [-0.15, -0.1) is 0 Å². The molecular formula is C27H37ClN4O3. The monoisotopic (exact) mass is 500 g/mol. The molecule has 0 bridgehead atoms. The topological polar surface area (TPSA) is 91.4 Å². The normalized spacial score (nSPS) is 14.1. The van der Waals surface area contributed by atoms with Crippen molar-refractivity contribution in [2.24, 2.45) is 11.7 Å². The largest absolute Gasteiger partial charge is 0.492 e. The van der Waals surface area contributed by atoms with E-state index >= 15 is 0 Å². The molecule has 0 aliphatic heterocycles. The fraction of sp³-hybridized carbons (Fsp3) is 0.481. The first kappa shape index (κ1) is 27.0. The molecule has 2 aromatic carbocycles. The first-order valence-corrected chi connectivity index (χ1v) is 12.6. The molecule has 35 heavy (non-hydrogen) atoms. The molecule has 0 fully saturated rings. The van der Waals surface area contributed by atoms with Crippen molar-refractivity contribution in [3.8, 4) is 5.75 Å². The highest BCUT2D eigenvalue weighted by molar-refractivity contribution is 6.31. The summed E-state index contributed by atoms with van der Waals surface area (Å²) in [6, 6.07) is 13.9. The lowest BCUT2D eigenvalue weighted by atomic mass is 9.82. The van der Waals surface area contributed by atoms with Gasteiger partial charge in [-0.3, -0.25) is 10.1 Å². The van der Waals surface area contributed by atoms with E-state index in [0.717, 1.165) is 41.1 Å². The minimum absolute atomic E-state index is 0.0266. The number of imidazole rings is 1. The van der Waals surface area contributed by atoms with Crippen LogP contribution in [0.5, 0.6) is 5.75 Å². The molecule has 1 aromatic heterocycles. The molecule has 8 heteroatoms. The van der Waals surface area contributed by atoms with Gasteiger partial charge >= 0.3 is 0 Å². The van der Waals surface area contributed by atoms with E-state index in [4.69, 9.17) is 31.8 Å². The van der Waals surface area contributed by atoms with Crippen LogP contribution in [0.15, 0.2) is 42.5 Å². The fourth-order valence-corrected chi connectivity index (χ4v) is 4.59. The van der Waals surface area contributed by atoms with Gasteiger partial charge in [0.05, 0.1) is 11.0 Å². The summed E-state index contributed by atoms with van der Waals surface area (Å²) < 4.78 is 13.4. The summed E-state index contributed by atoms with van der Waals surface area (Å²) in [5.74, 6) is 1.54. The maximum absolute atomic E-state index is 11.8. The number of nitrogens with zero attached hydrogens (tertiary/aromatic N) is 2. The Labute approximate surface area is 212 Å². The molecule has 3 atom stereocenters. The van der Waals surface area contributed by atoms with Crippen LogP contribution in [-0.4, -0.2) is 41.9 Å². The zero-order valence-electron chi connectivity index (χ0n) is 21.1. The second kappa shape index (κ2) is 12.9. The zero-order valence-corrected chi connectivity index (χ0v) is 21.8. The number of hydrogen-bond acceptors (Lipinski definition) is 5. The zero-order chi connectivity index (χ0) is 25.4. The number of rotatable bonds is 14. The number of carbonyl (C=O) groups is 1. The predicted molar refractivity (Wildman–Crippen MR) is 141 cm³/mol. The molecule has 0 saturated carbocycles. The summed E-state index contributed by atoms with van der Waals surface area (Å²) in [7, 11) is 1.67. The second-order valence-corrected chi connectivity index (χ2v) is 9.46. The Kier molecular flexibility index (Phi) is 9.95. The average molecular weight is 501 g/mol. The van der Waals surface area contributed by atoms with Gasteiger partial charge in [-0.25, -0.2) is 4.98 Å². The van der Waals surface area contributed by atoms with Crippen molar-refractivity contribution in [3.63, 3.8) is 0 Å². The molecule has 3 unspecified atom stereocenters. The van der Waals surface area contributed by atoms with Crippen LogP contribution < -0.4 is 15.8 Å². The molecule has 0 radical (unpaired) electrons. The number of aryl methyl sites for hydroxylation is 1. The molecule has 1 heterocycles. The van der Waals surface area contributed by atoms with Crippen LogP contribution in [-0.2, 0) is 22.5 Å². The summed E-state index contributed by atoms with van der Waals surface area (Å²) in [6.07, 6.45) is 1.93. The molecule has 1 amide bonds. The van der Waals surface area contributed by atoms with Crippen molar-refractivity contribution >= 4 is 28.5 Å². The number of halogens is 1. The lowest BCUT2D eigenvalue weighted by Gasteiger charge is -2.24. The molecule has 0 spiro atoms. The van der Waals surface area contributed by atoms with Crippen LogP contribution in [0.4, 0.5) is 0 Å². The number of nitrogens with one attached hydrogen (secondary N) is 1. The van der Waals surface area contributed by atoms with Gasteiger partial charge in [0, 0.05) is 38.1 Å². The molecule has 3 aromatic rings. The van der Waals surface area contributed by atoms with E-state index < -0.39 is 0 Å². The number of hydrogen-bond donors (Lipinski definition) is 2. The maximum Gasteiger partial charge on any atom is 0.217 e. The highest BCUT2D eigenvalue weighted by Crippen LogP contribution is 2.33. The number of nitrogens with two attached hydrogens (primary N) is 1. The second-order valence-electron chi connectivity index (χ2n) is 9.02. The minimum Gasteiger partial charge on any atom is -0.492 e. The van der Waals surface area contributed by atoms with Crippen LogP contribution >= 0.6 is 11.6 Å². The molecule has 3 N–H and O–H groups in total. The van der Waals surface area contributed by atoms with Gasteiger partial charge < -0.3 is 19.8 Å². The van der Waals surface area contributed by atoms with Crippen LogP contribution in [0, 0.1) is 5.92 Å². The van der Waals surface area contributed by atoms with Crippen LogP contribution in [0.25, 0.3) is 11.0 Å². The third kappa shape index (κ3) is 7.43. The number of fused-ring (bicyclic) bond motifs is 1. The quantitative estimate of drug-likeness (QED) is 0.243. The predicted octanol–water partition coefficient (Wildman–Crippen LogP) is 4.90. The van der Waals surface area contributed by atoms with Crippen molar-refractivity contribution in [2.45, 2.75) is 58.7 Å². The summed E-state index contributed by atoms with van der Waals surface area (Å²) >= 11 is 6.29. The van der Waals surface area contributed by atoms with E-state index in [1.807, 2.05) is 37.3 Å². The van der Waals surface area contributed by atoms with E-state index in [1.54, 1.807) is 7.11 Å². The molecule has 0 aliphatic rings. The first-order valence-electron chi connectivity index (χ1n) is 12.2. The van der Waals surface area contributed by atoms with Crippen molar-refractivity contribution in [1.82, 2.24) is 14.9 Å². The van der Waals surface area contributed by atoms with Gasteiger partial charge in [0.1, 0.15) is 24.4 Å². The minimum atomic E-state index is -0.304. The first-order chi connectivity index (χ1) is 16.8. The lowest BCUT2D eigenvalue weighted by Crippen LogP contribution is -2.31. The van der Waals surface area contributed by atoms with Crippen LogP contribution in [0.2, 0.25) is 5.02 Å². The van der Waals surface area contributed by atoms with Crippen molar-refractivity contribution in [3.05, 3.63) is 58.9 Å². The third-order valence-corrected chi connectivity index (χ3v) is 6.53. The number of benzene rings is 2. The summed E-state index contributed by atoms with van der Waals surface area (Å²) in [5.41, 5.74) is 8.65. The Morgan fingerprint density at radius 2 is 2.03 bits per heavy atom. The smallest absolute Gasteiger partial charge is 0.217 e. The van der Waals surface area contributed by atoms with E-state index in [1.165, 1.54) is 0 Å². The van der Waals surface area contributed by atoms with Gasteiger partial charge in [0.25, 0.3) is 0 Å². The standard InChI is InChI=1S/C27H37ClN4O3/c1-5-12-32-25-16-21(28)9-10-24(25)31-27(32)17-23(18(2)14-26(29)33)20-7-6-8-22(15-20)35-13-11-30-19(3)34-4/h6-10,15-16,18-19,23,30H,5,11-14,17H2,1-4H3,(H2,29,33). The van der Waals surface area contributed by atoms with Gasteiger partial charge in [-0.2, -0.15) is 0 Å². The van der Waals surface area contributed by atoms with Crippen LogP contribution in [0.1, 0.15) is 50.9 Å². The van der Waals surface area contributed by atoms with Gasteiger partial charge in [-0.05, 0) is 61.1 Å². The molecule has 3 rings (SSSR count). The molecule has 0 aliphatic carbocycles. The highest BCUT2D eigenvalue weighted by Gasteiger charge is 2.25. The maximum atomic E-state index is 11.8. The summed E-state index contributed by atoms with van der Waals surface area (Å²) in [6.45, 7) is 8.21. The fourth-order valence-electron chi connectivity index (χ4n) is 4.43. The van der Waals surface area contributed by atoms with E-state index in [0.29, 0.717) is 31.0 Å². The van der Waals surface area contributed by atoms with E-state index in [-0.39, 0.29) is 24.0 Å². The third-order valence-electron chi connectivity index (χ3n) is 6.29. The number of methoxy groups -OCH3 is 1. The molecular weight excluding hydrogens is 464 g/mol. The van der Waals surface area contributed by atoms with Crippen molar-refractivity contribution < 1.29 is 14.3 Å². The van der Waals surface area contributed by atoms with Gasteiger partial charge in [0.2, 0.25) is 5.91 Å². The molecule has 7 nitrogen and oxygen atoms in total. The van der Waals surface area contributed by atoms with Crippen molar-refractivity contribution in [2.75, 3.05) is 20.3 Å². The Bertz CT molecular complexity index is 1120.